The van der Waals surface area contributed by atoms with Crippen LogP contribution in [0, 0.1) is 0 Å². The molecule has 19 heavy (non-hydrogen) atoms. The maximum absolute atomic E-state index is 10.8. The molecule has 0 saturated heterocycles. The molecule has 1 aromatic carbocycles. The van der Waals surface area contributed by atoms with Crippen molar-refractivity contribution >= 4 is 12.4 Å². The number of rotatable bonds is 6. The Morgan fingerprint density at radius 1 is 1.58 bits per heavy atom. The normalized spacial score (nSPS) is 13.7. The molecule has 0 saturated carbocycles. The predicted octanol–water partition coefficient (Wildman–Crippen LogP) is 0.686. The van der Waals surface area contributed by atoms with E-state index in [1.807, 2.05) is 0 Å². The van der Waals surface area contributed by atoms with Crippen LogP contribution < -0.4 is 19.5 Å². The molecule has 0 unspecified atom stereocenters. The van der Waals surface area contributed by atoms with Gasteiger partial charge in [0.25, 0.3) is 0 Å². The first-order valence-electron chi connectivity index (χ1n) is 5.54. The Labute approximate surface area is 109 Å². The minimum atomic E-state index is -1.02. The first-order chi connectivity index (χ1) is 9.15. The number of ether oxygens (including phenoxy) is 3. The van der Waals surface area contributed by atoms with Gasteiger partial charge in [-0.2, -0.15) is 0 Å². The molecule has 1 atom stereocenters. The zero-order valence-corrected chi connectivity index (χ0v) is 10.2. The van der Waals surface area contributed by atoms with E-state index < -0.39 is 12.0 Å². The van der Waals surface area contributed by atoms with Crippen molar-refractivity contribution in [2.45, 2.75) is 12.5 Å². The maximum atomic E-state index is 10.8. The lowest BCUT2D eigenvalue weighted by molar-refractivity contribution is -0.137. The van der Waals surface area contributed by atoms with Gasteiger partial charge >= 0.3 is 5.97 Å². The summed E-state index contributed by atoms with van der Waals surface area (Å²) in [4.78, 5) is 21.4. The van der Waals surface area contributed by atoms with E-state index in [0.29, 0.717) is 29.2 Å². The van der Waals surface area contributed by atoms with Crippen molar-refractivity contribution in [1.29, 1.82) is 0 Å². The first-order valence-corrected chi connectivity index (χ1v) is 5.54. The van der Waals surface area contributed by atoms with Crippen LogP contribution in [0.2, 0.25) is 0 Å². The minimum absolute atomic E-state index is 0.0832. The molecule has 2 rings (SSSR count). The lowest BCUT2D eigenvalue weighted by Crippen LogP contribution is -2.22. The Balaban J connectivity index is 2.36. The highest BCUT2D eigenvalue weighted by Gasteiger charge is 2.24. The van der Waals surface area contributed by atoms with E-state index in [-0.39, 0.29) is 13.2 Å². The van der Waals surface area contributed by atoms with Crippen molar-refractivity contribution < 1.29 is 28.9 Å². The van der Waals surface area contributed by atoms with Crippen LogP contribution in [0.5, 0.6) is 17.2 Å². The van der Waals surface area contributed by atoms with Crippen LogP contribution in [-0.2, 0) is 9.59 Å². The molecule has 0 radical (unpaired) electrons. The van der Waals surface area contributed by atoms with Crippen LogP contribution >= 0.6 is 0 Å². The maximum Gasteiger partial charge on any atom is 0.305 e. The van der Waals surface area contributed by atoms with E-state index in [2.05, 4.69) is 5.32 Å². The van der Waals surface area contributed by atoms with Crippen LogP contribution in [-0.4, -0.2) is 31.4 Å². The Morgan fingerprint density at radius 3 is 3.00 bits per heavy atom. The number of amides is 1. The number of methoxy groups -OCH3 is 1. The summed E-state index contributed by atoms with van der Waals surface area (Å²) < 4.78 is 15.7. The van der Waals surface area contributed by atoms with Crippen molar-refractivity contribution in [2.75, 3.05) is 13.9 Å². The fraction of sp³-hybridized carbons (Fsp3) is 0.333. The molecule has 0 aromatic heterocycles. The third kappa shape index (κ3) is 2.70. The van der Waals surface area contributed by atoms with Gasteiger partial charge in [0.15, 0.2) is 11.5 Å². The number of fused-ring (bicyclic) bond motifs is 1. The van der Waals surface area contributed by atoms with E-state index in [9.17, 15) is 9.59 Å². The highest BCUT2D eigenvalue weighted by molar-refractivity contribution is 5.69. The lowest BCUT2D eigenvalue weighted by atomic mass is 10.0. The van der Waals surface area contributed by atoms with Crippen LogP contribution in [0.1, 0.15) is 18.0 Å². The van der Waals surface area contributed by atoms with Gasteiger partial charge in [-0.1, -0.05) is 0 Å². The van der Waals surface area contributed by atoms with E-state index in [0.717, 1.165) is 0 Å². The Bertz CT molecular complexity index is 501. The molecule has 2 N–H and O–H groups in total. The van der Waals surface area contributed by atoms with Gasteiger partial charge in [-0.15, -0.1) is 0 Å². The summed E-state index contributed by atoms with van der Waals surface area (Å²) >= 11 is 0. The topological polar surface area (TPSA) is 94.1 Å². The molecular formula is C12H13NO6. The van der Waals surface area contributed by atoms with E-state index in [1.54, 1.807) is 12.1 Å². The summed E-state index contributed by atoms with van der Waals surface area (Å²) in [6.07, 6.45) is 0.228. The molecule has 7 nitrogen and oxygen atoms in total. The number of carbonyl (C=O) groups excluding carboxylic acids is 1. The van der Waals surface area contributed by atoms with Crippen molar-refractivity contribution in [3.8, 4) is 17.2 Å². The fourth-order valence-electron chi connectivity index (χ4n) is 1.88. The third-order valence-electron chi connectivity index (χ3n) is 2.73. The molecule has 1 amide bonds. The monoisotopic (exact) mass is 267 g/mol. The van der Waals surface area contributed by atoms with E-state index >= 15 is 0 Å². The second-order valence-corrected chi connectivity index (χ2v) is 3.89. The average Bonchev–Trinajstić information content (AvgIpc) is 2.84. The molecule has 102 valence electrons. The predicted molar refractivity (Wildman–Crippen MR) is 63.3 cm³/mol. The molecule has 7 heteroatoms. The van der Waals surface area contributed by atoms with Gasteiger partial charge in [-0.25, -0.2) is 0 Å². The molecular weight excluding hydrogens is 254 g/mol. The van der Waals surface area contributed by atoms with Crippen molar-refractivity contribution in [2.24, 2.45) is 0 Å². The summed E-state index contributed by atoms with van der Waals surface area (Å²) in [7, 11) is 1.47. The van der Waals surface area contributed by atoms with Gasteiger partial charge in [-0.05, 0) is 17.7 Å². The Kier molecular flexibility index (Phi) is 3.74. The molecule has 0 spiro atoms. The number of carboxylic acids is 1. The quantitative estimate of drug-likeness (QED) is 0.736. The number of carboxylic acid groups (broad SMARTS) is 1. The second-order valence-electron chi connectivity index (χ2n) is 3.89. The van der Waals surface area contributed by atoms with Gasteiger partial charge in [-0.3, -0.25) is 9.59 Å². The SMILES string of the molecule is COc1cc([C@H](CC(=O)O)NC=O)cc2c1OCO2. The molecule has 1 heterocycles. The van der Waals surface area contributed by atoms with Crippen LogP contribution in [0.25, 0.3) is 0 Å². The largest absolute Gasteiger partial charge is 0.493 e. The second kappa shape index (κ2) is 5.47. The number of carbonyl (C=O) groups is 2. The minimum Gasteiger partial charge on any atom is -0.493 e. The van der Waals surface area contributed by atoms with E-state index in [4.69, 9.17) is 19.3 Å². The third-order valence-corrected chi connectivity index (χ3v) is 2.73. The standard InChI is InChI=1S/C12H13NO6/c1-17-9-2-7(3-10-12(9)19-6-18-10)8(13-5-14)4-11(15)16/h2-3,5,8H,4,6H2,1H3,(H,13,14)(H,15,16)/t8-/m0/s1. The Morgan fingerprint density at radius 2 is 2.37 bits per heavy atom. The van der Waals surface area contributed by atoms with Crippen LogP contribution in [0.4, 0.5) is 0 Å². The van der Waals surface area contributed by atoms with Crippen LogP contribution in [0.15, 0.2) is 12.1 Å². The summed E-state index contributed by atoms with van der Waals surface area (Å²) in [5.41, 5.74) is 0.579. The summed E-state index contributed by atoms with van der Waals surface area (Å²) in [5.74, 6) is 0.368. The molecule has 1 aliphatic rings. The number of aliphatic carboxylic acids is 1. The van der Waals surface area contributed by atoms with Crippen molar-refractivity contribution in [3.63, 3.8) is 0 Å². The van der Waals surface area contributed by atoms with Crippen molar-refractivity contribution in [1.82, 2.24) is 5.32 Å². The number of nitrogens with one attached hydrogen (secondary N) is 1. The highest BCUT2D eigenvalue weighted by atomic mass is 16.7. The Hall–Kier alpha value is -2.44. The lowest BCUT2D eigenvalue weighted by Gasteiger charge is -2.16. The van der Waals surface area contributed by atoms with Crippen molar-refractivity contribution in [3.05, 3.63) is 17.7 Å². The summed E-state index contributed by atoms with van der Waals surface area (Å²) in [6, 6.07) is 2.60. The molecule has 0 aliphatic carbocycles. The van der Waals surface area contributed by atoms with Gasteiger partial charge in [0.05, 0.1) is 19.6 Å². The van der Waals surface area contributed by atoms with Gasteiger partial charge < -0.3 is 24.6 Å². The fourth-order valence-corrected chi connectivity index (χ4v) is 1.88. The number of hydrogen-bond donors (Lipinski definition) is 2. The molecule has 1 aromatic rings. The molecule has 1 aliphatic heterocycles. The van der Waals surface area contributed by atoms with Crippen LogP contribution in [0.3, 0.4) is 0 Å². The molecule has 0 bridgehead atoms. The zero-order chi connectivity index (χ0) is 13.8. The average molecular weight is 267 g/mol. The van der Waals surface area contributed by atoms with Gasteiger partial charge in [0.2, 0.25) is 19.0 Å². The molecule has 0 fully saturated rings. The summed E-state index contributed by atoms with van der Waals surface area (Å²) in [5, 5.41) is 11.3. The first kappa shape index (κ1) is 13.0. The number of hydrogen-bond acceptors (Lipinski definition) is 5. The summed E-state index contributed by atoms with van der Waals surface area (Å²) in [6.45, 7) is 0.0832. The van der Waals surface area contributed by atoms with E-state index in [1.165, 1.54) is 7.11 Å². The smallest absolute Gasteiger partial charge is 0.305 e. The van der Waals surface area contributed by atoms with Gasteiger partial charge in [0, 0.05) is 0 Å². The zero-order valence-electron chi connectivity index (χ0n) is 10.2. The number of benzene rings is 1. The van der Waals surface area contributed by atoms with Gasteiger partial charge in [0.1, 0.15) is 0 Å². The highest BCUT2D eigenvalue weighted by Crippen LogP contribution is 2.43.